The summed E-state index contributed by atoms with van der Waals surface area (Å²) in [7, 11) is 0. The third-order valence-corrected chi connectivity index (χ3v) is 6.12. The van der Waals surface area contributed by atoms with Gasteiger partial charge in [0.2, 0.25) is 0 Å². The molecule has 0 bridgehead atoms. The van der Waals surface area contributed by atoms with Crippen molar-refractivity contribution < 1.29 is 19.1 Å². The maximum Gasteiger partial charge on any atom is 0.408 e. The van der Waals surface area contributed by atoms with Crippen molar-refractivity contribution in [2.24, 2.45) is 5.92 Å². The summed E-state index contributed by atoms with van der Waals surface area (Å²) in [6.07, 6.45) is 5.52. The predicted octanol–water partition coefficient (Wildman–Crippen LogP) is 5.96. The summed E-state index contributed by atoms with van der Waals surface area (Å²) >= 11 is 0. The molecule has 2 aromatic rings. The van der Waals surface area contributed by atoms with E-state index in [-0.39, 0.29) is 5.92 Å². The lowest BCUT2D eigenvalue weighted by Crippen LogP contribution is -2.51. The Bertz CT molecular complexity index is 1180. The van der Waals surface area contributed by atoms with Crippen LogP contribution in [0.4, 0.5) is 10.5 Å². The van der Waals surface area contributed by atoms with E-state index >= 15 is 0 Å². The van der Waals surface area contributed by atoms with Crippen LogP contribution in [0.1, 0.15) is 74.9 Å². The molecule has 0 aliphatic carbocycles. The number of nitrogens with one attached hydrogen (secondary N) is 2. The van der Waals surface area contributed by atoms with Crippen molar-refractivity contribution in [3.8, 4) is 12.5 Å². The predicted molar refractivity (Wildman–Crippen MR) is 151 cm³/mol. The fourth-order valence-electron chi connectivity index (χ4n) is 4.42. The topological polar surface area (TPSA) is 87.7 Å². The lowest BCUT2D eigenvalue weighted by Gasteiger charge is -2.32. The molecule has 0 aromatic heterocycles. The highest BCUT2D eigenvalue weighted by molar-refractivity contribution is 6.00. The Kier molecular flexibility index (Phi) is 10.1. The van der Waals surface area contributed by atoms with Gasteiger partial charge in [0, 0.05) is 11.7 Å². The van der Waals surface area contributed by atoms with Crippen molar-refractivity contribution in [3.05, 3.63) is 64.2 Å². The summed E-state index contributed by atoms with van der Waals surface area (Å²) < 4.78 is 5.40. The zero-order chi connectivity index (χ0) is 28.8. The summed E-state index contributed by atoms with van der Waals surface area (Å²) in [5.74, 6) is -0.941. The fourth-order valence-corrected chi connectivity index (χ4v) is 4.42. The number of amides is 3. The number of benzene rings is 2. The number of terminal acetylenes is 1. The minimum absolute atomic E-state index is 0.0561. The third kappa shape index (κ3) is 7.85. The van der Waals surface area contributed by atoms with E-state index in [2.05, 4.69) is 16.7 Å². The molecule has 2 aromatic carbocycles. The number of alkyl carbamates (subject to hydrolysis) is 1. The van der Waals surface area contributed by atoms with Gasteiger partial charge in [-0.2, -0.15) is 0 Å². The molecule has 0 radical (unpaired) electrons. The van der Waals surface area contributed by atoms with Crippen molar-refractivity contribution in [2.45, 2.75) is 86.4 Å². The van der Waals surface area contributed by atoms with Crippen LogP contribution in [0.3, 0.4) is 0 Å². The Labute approximate surface area is 227 Å². The average molecular weight is 520 g/mol. The zero-order valence-corrected chi connectivity index (χ0v) is 24.1. The number of aryl methyl sites for hydroxylation is 4. The van der Waals surface area contributed by atoms with Gasteiger partial charge in [-0.15, -0.1) is 0 Å². The molecule has 3 amide bonds. The van der Waals surface area contributed by atoms with Crippen molar-refractivity contribution in [1.82, 2.24) is 10.2 Å². The Hall–Kier alpha value is -3.79. The van der Waals surface area contributed by atoms with E-state index in [0.29, 0.717) is 17.7 Å². The molecule has 0 fully saturated rings. The second-order valence-electron chi connectivity index (χ2n) is 11.1. The molecule has 7 nitrogen and oxygen atoms in total. The number of hydrogen-bond acceptors (Lipinski definition) is 4. The van der Waals surface area contributed by atoms with Crippen LogP contribution in [0, 0.1) is 46.1 Å². The van der Waals surface area contributed by atoms with Crippen LogP contribution in [-0.2, 0) is 14.3 Å². The number of ether oxygens (including phenoxy) is 1. The van der Waals surface area contributed by atoms with Gasteiger partial charge >= 0.3 is 6.09 Å². The van der Waals surface area contributed by atoms with Crippen LogP contribution in [0.5, 0.6) is 0 Å². The van der Waals surface area contributed by atoms with Gasteiger partial charge in [0.05, 0.1) is 0 Å². The second-order valence-corrected chi connectivity index (χ2v) is 11.1. The van der Waals surface area contributed by atoms with E-state index in [9.17, 15) is 14.4 Å². The monoisotopic (exact) mass is 519 g/mol. The lowest BCUT2D eigenvalue weighted by atomic mass is 9.93. The first kappa shape index (κ1) is 30.4. The van der Waals surface area contributed by atoms with Crippen molar-refractivity contribution in [1.29, 1.82) is 0 Å². The van der Waals surface area contributed by atoms with Gasteiger partial charge < -0.3 is 15.4 Å². The number of para-hydroxylation sites is 1. The van der Waals surface area contributed by atoms with Crippen LogP contribution in [0.25, 0.3) is 0 Å². The number of hydrogen-bond donors (Lipinski definition) is 2. The van der Waals surface area contributed by atoms with Crippen LogP contribution in [0.2, 0.25) is 0 Å². The largest absolute Gasteiger partial charge is 0.444 e. The highest BCUT2D eigenvalue weighted by atomic mass is 16.6. The first-order valence-electron chi connectivity index (χ1n) is 12.9. The normalized spacial score (nSPS) is 12.8. The Morgan fingerprint density at radius 2 is 1.45 bits per heavy atom. The van der Waals surface area contributed by atoms with E-state index in [0.717, 1.165) is 27.2 Å². The Morgan fingerprint density at radius 1 is 0.947 bits per heavy atom. The molecule has 0 heterocycles. The van der Waals surface area contributed by atoms with Crippen LogP contribution >= 0.6 is 0 Å². The molecule has 204 valence electrons. The smallest absolute Gasteiger partial charge is 0.408 e. The van der Waals surface area contributed by atoms with Crippen LogP contribution < -0.4 is 10.6 Å². The van der Waals surface area contributed by atoms with Gasteiger partial charge in [-0.05, 0) is 88.6 Å². The van der Waals surface area contributed by atoms with Gasteiger partial charge in [-0.1, -0.05) is 56.7 Å². The highest BCUT2D eigenvalue weighted by Crippen LogP contribution is 2.31. The molecule has 0 spiro atoms. The van der Waals surface area contributed by atoms with Gasteiger partial charge in [-0.25, -0.2) is 4.79 Å². The molecule has 0 saturated carbocycles. The molecule has 38 heavy (non-hydrogen) atoms. The average Bonchev–Trinajstić information content (AvgIpc) is 2.78. The van der Waals surface area contributed by atoms with Gasteiger partial charge in [0.1, 0.15) is 17.7 Å². The molecular formula is C31H41N3O4. The second kappa shape index (κ2) is 12.6. The van der Waals surface area contributed by atoms with Crippen LogP contribution in [-0.4, -0.2) is 34.5 Å². The molecule has 2 unspecified atom stereocenters. The maximum atomic E-state index is 14.0. The number of rotatable bonds is 8. The molecule has 2 N–H and O–H groups in total. The first-order chi connectivity index (χ1) is 17.7. The lowest BCUT2D eigenvalue weighted by molar-refractivity contribution is -0.137. The molecule has 7 heteroatoms. The van der Waals surface area contributed by atoms with E-state index in [1.165, 1.54) is 0 Å². The number of nitrogens with zero attached hydrogens (tertiary/aromatic N) is 1. The summed E-state index contributed by atoms with van der Waals surface area (Å²) in [4.78, 5) is 41.7. The van der Waals surface area contributed by atoms with Crippen molar-refractivity contribution >= 4 is 23.6 Å². The minimum atomic E-state index is -1.12. The highest BCUT2D eigenvalue weighted by Gasteiger charge is 2.37. The molecule has 0 saturated heterocycles. The van der Waals surface area contributed by atoms with E-state index in [4.69, 9.17) is 11.2 Å². The number of carbonyl (C=O) groups is 3. The SMILES string of the molecule is C#CN(C(=O)C(CC(C)C)NC(=O)OC(C)(C)C)C(C(=O)Nc1c(C)cccc1C)c1c(C)cccc1C. The number of anilines is 1. The summed E-state index contributed by atoms with van der Waals surface area (Å²) in [6, 6.07) is 11.7. The first-order valence-corrected chi connectivity index (χ1v) is 12.9. The van der Waals surface area contributed by atoms with Crippen LogP contribution in [0.15, 0.2) is 36.4 Å². The van der Waals surface area contributed by atoms with Gasteiger partial charge in [0.15, 0.2) is 0 Å². The minimum Gasteiger partial charge on any atom is -0.444 e. The van der Waals surface area contributed by atoms with E-state index in [1.54, 1.807) is 20.8 Å². The standard InChI is InChI=1S/C31H41N3O4/c1-11-34(29(36)24(18-19(2)3)32-30(37)38-31(8,9)10)27(25-20(4)14-12-15-21(25)5)28(35)33-26-22(6)16-13-17-23(26)7/h1,12-17,19,24,27H,18H2,2-10H3,(H,32,37)(H,33,35). The van der Waals surface area contributed by atoms with Gasteiger partial charge in [-0.3, -0.25) is 14.5 Å². The maximum absolute atomic E-state index is 14.0. The number of carbonyl (C=O) groups excluding carboxylic acids is 3. The van der Waals surface area contributed by atoms with Crippen molar-refractivity contribution in [3.63, 3.8) is 0 Å². The molecule has 2 rings (SSSR count). The molecule has 2 atom stereocenters. The third-order valence-electron chi connectivity index (χ3n) is 6.12. The summed E-state index contributed by atoms with van der Waals surface area (Å²) in [6.45, 7) is 16.7. The van der Waals surface area contributed by atoms with Gasteiger partial charge in [0.25, 0.3) is 11.8 Å². The zero-order valence-electron chi connectivity index (χ0n) is 24.1. The quantitative estimate of drug-likeness (QED) is 0.333. The van der Waals surface area contributed by atoms with E-state index in [1.807, 2.05) is 77.9 Å². The Balaban J connectivity index is 2.58. The molecular weight excluding hydrogens is 478 g/mol. The summed E-state index contributed by atoms with van der Waals surface area (Å²) in [5.41, 5.74) is 3.99. The molecule has 0 aliphatic heterocycles. The Morgan fingerprint density at radius 3 is 1.89 bits per heavy atom. The van der Waals surface area contributed by atoms with E-state index < -0.39 is 35.6 Å². The van der Waals surface area contributed by atoms with Crippen molar-refractivity contribution in [2.75, 3.05) is 5.32 Å². The fraction of sp³-hybridized carbons (Fsp3) is 0.452. The summed E-state index contributed by atoms with van der Waals surface area (Å²) in [5, 5.41) is 5.69. The molecule has 0 aliphatic rings.